The number of carbonyl (C=O) groups is 2. The number of piperidine rings is 1. The molecule has 30 heavy (non-hydrogen) atoms. The highest BCUT2D eigenvalue weighted by Gasteiger charge is 2.23. The molecular weight excluding hydrogens is 374 g/mol. The molecule has 0 saturated carbocycles. The Bertz CT molecular complexity index is 856. The fourth-order valence-corrected chi connectivity index (χ4v) is 3.85. The lowest BCUT2D eigenvalue weighted by Crippen LogP contribution is -2.38. The number of likely N-dealkylation sites (tertiary alicyclic amines) is 1. The summed E-state index contributed by atoms with van der Waals surface area (Å²) in [6.45, 7) is 2.36. The van der Waals surface area contributed by atoms with Crippen molar-refractivity contribution in [2.75, 3.05) is 25.4 Å². The van der Waals surface area contributed by atoms with Crippen molar-refractivity contribution in [2.24, 2.45) is 5.92 Å². The van der Waals surface area contributed by atoms with Crippen LogP contribution in [0.15, 0.2) is 60.7 Å². The van der Waals surface area contributed by atoms with Crippen LogP contribution >= 0.6 is 0 Å². The van der Waals surface area contributed by atoms with E-state index in [2.05, 4.69) is 5.32 Å². The third-order valence-corrected chi connectivity index (χ3v) is 5.60. The molecular formula is C25H31N3O2. The molecule has 0 aromatic heterocycles. The van der Waals surface area contributed by atoms with E-state index in [1.165, 1.54) is 0 Å². The van der Waals surface area contributed by atoms with Gasteiger partial charge in [0.1, 0.15) is 0 Å². The second-order valence-electron chi connectivity index (χ2n) is 7.89. The number of amides is 2. The molecule has 0 unspecified atom stereocenters. The first-order valence-electron chi connectivity index (χ1n) is 10.8. The predicted octanol–water partition coefficient (Wildman–Crippen LogP) is 4.12. The van der Waals surface area contributed by atoms with Crippen LogP contribution in [0.1, 0.15) is 48.0 Å². The molecule has 2 aromatic rings. The van der Waals surface area contributed by atoms with Crippen molar-refractivity contribution in [2.45, 2.75) is 32.1 Å². The molecule has 158 valence electrons. The van der Waals surface area contributed by atoms with Crippen LogP contribution in [0.25, 0.3) is 6.08 Å². The van der Waals surface area contributed by atoms with Crippen LogP contribution in [0.4, 0.5) is 5.69 Å². The molecule has 3 N–H and O–H groups in total. The summed E-state index contributed by atoms with van der Waals surface area (Å²) in [6, 6.07) is 17.0. The maximum Gasteiger partial charge on any atom is 0.253 e. The zero-order valence-corrected chi connectivity index (χ0v) is 17.4. The van der Waals surface area contributed by atoms with E-state index in [9.17, 15) is 9.59 Å². The van der Waals surface area contributed by atoms with Gasteiger partial charge in [0.25, 0.3) is 5.91 Å². The summed E-state index contributed by atoms with van der Waals surface area (Å²) in [5.41, 5.74) is 8.12. The van der Waals surface area contributed by atoms with Crippen LogP contribution in [0.2, 0.25) is 0 Å². The molecule has 2 aromatic carbocycles. The Morgan fingerprint density at radius 1 is 1.03 bits per heavy atom. The molecule has 0 aliphatic carbocycles. The number of nitrogens with one attached hydrogen (secondary N) is 1. The summed E-state index contributed by atoms with van der Waals surface area (Å²) < 4.78 is 0. The molecule has 5 nitrogen and oxygen atoms in total. The van der Waals surface area contributed by atoms with Crippen molar-refractivity contribution in [3.8, 4) is 0 Å². The first kappa shape index (κ1) is 21.6. The summed E-state index contributed by atoms with van der Waals surface area (Å²) in [5.74, 6) is 0.733. The summed E-state index contributed by atoms with van der Waals surface area (Å²) in [5, 5.41) is 2.94. The Labute approximate surface area is 179 Å². The van der Waals surface area contributed by atoms with Gasteiger partial charge in [0.15, 0.2) is 0 Å². The molecule has 1 aliphatic rings. The van der Waals surface area contributed by atoms with Crippen LogP contribution in [0, 0.1) is 5.92 Å². The molecule has 1 fully saturated rings. The molecule has 0 atom stereocenters. The van der Waals surface area contributed by atoms with E-state index < -0.39 is 0 Å². The lowest BCUT2D eigenvalue weighted by molar-refractivity contribution is -0.116. The van der Waals surface area contributed by atoms with E-state index in [-0.39, 0.29) is 11.8 Å². The summed E-state index contributed by atoms with van der Waals surface area (Å²) in [6.07, 6.45) is 8.67. The Hall–Kier alpha value is -3.08. The minimum Gasteiger partial charge on any atom is -0.399 e. The van der Waals surface area contributed by atoms with Crippen molar-refractivity contribution in [3.63, 3.8) is 0 Å². The fourth-order valence-electron chi connectivity index (χ4n) is 3.85. The normalized spacial score (nSPS) is 14.7. The fraction of sp³-hybridized carbons (Fsp3) is 0.360. The first-order chi connectivity index (χ1) is 14.6. The maximum atomic E-state index is 12.5. The third-order valence-electron chi connectivity index (χ3n) is 5.60. The first-order valence-corrected chi connectivity index (χ1v) is 10.8. The number of hydrogen-bond acceptors (Lipinski definition) is 3. The van der Waals surface area contributed by atoms with E-state index >= 15 is 0 Å². The summed E-state index contributed by atoms with van der Waals surface area (Å²) in [7, 11) is 0. The Morgan fingerprint density at radius 3 is 2.53 bits per heavy atom. The van der Waals surface area contributed by atoms with Crippen LogP contribution in [-0.2, 0) is 4.79 Å². The van der Waals surface area contributed by atoms with Crippen LogP contribution in [-0.4, -0.2) is 36.3 Å². The lowest BCUT2D eigenvalue weighted by Gasteiger charge is -2.32. The van der Waals surface area contributed by atoms with Crippen molar-refractivity contribution < 1.29 is 9.59 Å². The molecule has 5 heteroatoms. The molecule has 3 rings (SSSR count). The number of benzene rings is 2. The zero-order chi connectivity index (χ0) is 21.2. The molecule has 0 spiro atoms. The standard InChI is InChI=1S/C25H31N3O2/c26-23-11-6-8-21(19-23)12-13-24(29)27-16-5-4-7-20-14-17-28(18-15-20)25(30)22-9-2-1-3-10-22/h1-3,6,8-13,19-20H,4-5,7,14-18,26H2,(H,27,29)/b13-12+. The Morgan fingerprint density at radius 2 is 1.80 bits per heavy atom. The largest absolute Gasteiger partial charge is 0.399 e. The summed E-state index contributed by atoms with van der Waals surface area (Å²) >= 11 is 0. The molecule has 0 radical (unpaired) electrons. The van der Waals surface area contributed by atoms with Gasteiger partial charge in [-0.3, -0.25) is 9.59 Å². The van der Waals surface area contributed by atoms with Gasteiger partial charge in [-0.2, -0.15) is 0 Å². The van der Waals surface area contributed by atoms with E-state index in [0.29, 0.717) is 18.2 Å². The van der Waals surface area contributed by atoms with Crippen LogP contribution < -0.4 is 11.1 Å². The average Bonchev–Trinajstić information content (AvgIpc) is 2.78. The number of rotatable bonds is 8. The quantitative estimate of drug-likeness (QED) is 0.394. The SMILES string of the molecule is Nc1cccc(/C=C/C(=O)NCCCCC2CCN(C(=O)c3ccccc3)CC2)c1. The second kappa shape index (κ2) is 11.2. The number of nitrogens with two attached hydrogens (primary N) is 1. The van der Waals surface area contributed by atoms with Crippen molar-refractivity contribution in [1.29, 1.82) is 0 Å². The van der Waals surface area contributed by atoms with Crippen LogP contribution in [0.3, 0.4) is 0 Å². The van der Waals surface area contributed by atoms with Gasteiger partial charge in [0.05, 0.1) is 0 Å². The average molecular weight is 406 g/mol. The van der Waals surface area contributed by atoms with Gasteiger partial charge >= 0.3 is 0 Å². The van der Waals surface area contributed by atoms with Gasteiger partial charge in [-0.15, -0.1) is 0 Å². The maximum absolute atomic E-state index is 12.5. The number of nitrogens with zero attached hydrogens (tertiary/aromatic N) is 1. The van der Waals surface area contributed by atoms with Gasteiger partial charge in [0, 0.05) is 37.0 Å². The highest BCUT2D eigenvalue weighted by atomic mass is 16.2. The third kappa shape index (κ3) is 6.76. The monoisotopic (exact) mass is 405 g/mol. The van der Waals surface area contributed by atoms with Crippen molar-refractivity contribution >= 4 is 23.6 Å². The number of anilines is 1. The molecule has 2 amide bonds. The second-order valence-corrected chi connectivity index (χ2v) is 7.89. The van der Waals surface area contributed by atoms with E-state index in [0.717, 1.165) is 56.3 Å². The van der Waals surface area contributed by atoms with Gasteiger partial charge in [-0.1, -0.05) is 43.2 Å². The number of carbonyl (C=O) groups excluding carboxylic acids is 2. The topological polar surface area (TPSA) is 75.4 Å². The van der Waals surface area contributed by atoms with Gasteiger partial charge < -0.3 is 16.0 Å². The van der Waals surface area contributed by atoms with Crippen LogP contribution in [0.5, 0.6) is 0 Å². The summed E-state index contributed by atoms with van der Waals surface area (Å²) in [4.78, 5) is 26.4. The number of unbranched alkanes of at least 4 members (excludes halogenated alkanes) is 1. The van der Waals surface area contributed by atoms with E-state index in [1.807, 2.05) is 59.5 Å². The molecule has 0 bridgehead atoms. The minimum atomic E-state index is -0.0786. The highest BCUT2D eigenvalue weighted by molar-refractivity contribution is 5.94. The van der Waals surface area contributed by atoms with E-state index in [1.54, 1.807) is 12.2 Å². The zero-order valence-electron chi connectivity index (χ0n) is 17.4. The Balaban J connectivity index is 1.28. The molecule has 1 heterocycles. The van der Waals surface area contributed by atoms with Gasteiger partial charge in [0.2, 0.25) is 5.91 Å². The minimum absolute atomic E-state index is 0.0786. The van der Waals surface area contributed by atoms with Crippen molar-refractivity contribution in [1.82, 2.24) is 10.2 Å². The molecule has 1 aliphatic heterocycles. The predicted molar refractivity (Wildman–Crippen MR) is 122 cm³/mol. The smallest absolute Gasteiger partial charge is 0.253 e. The van der Waals surface area contributed by atoms with Gasteiger partial charge in [-0.25, -0.2) is 0 Å². The lowest BCUT2D eigenvalue weighted by atomic mass is 9.91. The number of nitrogen functional groups attached to an aromatic ring is 1. The Kier molecular flexibility index (Phi) is 8.07. The van der Waals surface area contributed by atoms with Crippen molar-refractivity contribution in [3.05, 3.63) is 71.8 Å². The van der Waals surface area contributed by atoms with E-state index in [4.69, 9.17) is 5.73 Å². The highest BCUT2D eigenvalue weighted by Crippen LogP contribution is 2.23. The number of hydrogen-bond donors (Lipinski definition) is 2. The molecule has 1 saturated heterocycles. The van der Waals surface area contributed by atoms with Gasteiger partial charge in [-0.05, 0) is 61.1 Å².